The van der Waals surface area contributed by atoms with E-state index in [1.165, 1.54) is 42.3 Å². The summed E-state index contributed by atoms with van der Waals surface area (Å²) in [5.74, 6) is -1.03. The van der Waals surface area contributed by atoms with Gasteiger partial charge < -0.3 is 24.4 Å². The van der Waals surface area contributed by atoms with E-state index < -0.39 is 42.9 Å². The van der Waals surface area contributed by atoms with Crippen molar-refractivity contribution in [3.8, 4) is 5.75 Å². The summed E-state index contributed by atoms with van der Waals surface area (Å²) in [5.41, 5.74) is 2.05. The van der Waals surface area contributed by atoms with Crippen LogP contribution in [0.3, 0.4) is 0 Å². The van der Waals surface area contributed by atoms with E-state index in [-0.39, 0.29) is 18.7 Å². The number of carbonyl (C=O) groups is 1. The normalized spacial score (nSPS) is 16.5. The number of aliphatic hydroxyl groups excluding tert-OH is 1. The molecule has 1 heterocycles. The van der Waals surface area contributed by atoms with Gasteiger partial charge in [0.05, 0.1) is 36.6 Å². The zero-order valence-corrected chi connectivity index (χ0v) is 20.5. The first-order valence-electron chi connectivity index (χ1n) is 11.7. The summed E-state index contributed by atoms with van der Waals surface area (Å²) in [6.07, 6.45) is -12.4. The molecule has 0 bridgehead atoms. The van der Waals surface area contributed by atoms with Gasteiger partial charge in [-0.2, -0.15) is 13.2 Å². The summed E-state index contributed by atoms with van der Waals surface area (Å²) >= 11 is 0. The molecular weight excluding hydrogens is 530 g/mol. The van der Waals surface area contributed by atoms with Crippen LogP contribution < -0.4 is 14.5 Å². The molecule has 0 amide bonds. The monoisotopic (exact) mass is 554 g/mol. The third kappa shape index (κ3) is 6.75. The molecule has 0 aliphatic carbocycles. The van der Waals surface area contributed by atoms with Crippen molar-refractivity contribution in [1.82, 2.24) is 0 Å². The van der Waals surface area contributed by atoms with E-state index in [1.807, 2.05) is 4.90 Å². The zero-order chi connectivity index (χ0) is 28.4. The smallest absolute Gasteiger partial charge is 0.465 e. The van der Waals surface area contributed by atoms with Crippen LogP contribution in [0.25, 0.3) is 0 Å². The standard InChI is InChI=1S/C27H24F6N2O4/c1-38-25(37)19-8-5-7-18(13-19)23-15-34(14-17-6-4-9-20(12-17)39-27(31,32)33)21-10-2-3-11-22(21)35(23)16-24(36)26(28,29)30/h2-13,23-24,36H,14-16H2,1H3/t23?,24-/m1/s1. The van der Waals surface area contributed by atoms with Crippen LogP contribution in [-0.4, -0.2) is 49.9 Å². The molecular formula is C27H24F6N2O4. The Morgan fingerprint density at radius 3 is 2.33 bits per heavy atom. The fraction of sp³-hybridized carbons (Fsp3) is 0.296. The Labute approximate surface area is 220 Å². The topological polar surface area (TPSA) is 62.2 Å². The molecule has 6 nitrogen and oxygen atoms in total. The van der Waals surface area contributed by atoms with Crippen LogP contribution in [0.1, 0.15) is 27.5 Å². The van der Waals surface area contributed by atoms with Crippen molar-refractivity contribution in [2.45, 2.75) is 31.2 Å². The molecule has 4 rings (SSSR count). The van der Waals surface area contributed by atoms with Crippen molar-refractivity contribution in [2.24, 2.45) is 0 Å². The van der Waals surface area contributed by atoms with Gasteiger partial charge in [0.25, 0.3) is 0 Å². The fourth-order valence-corrected chi connectivity index (χ4v) is 4.55. The highest BCUT2D eigenvalue weighted by molar-refractivity contribution is 5.89. The molecule has 0 radical (unpaired) electrons. The Balaban J connectivity index is 1.75. The van der Waals surface area contributed by atoms with Gasteiger partial charge in [-0.3, -0.25) is 0 Å². The van der Waals surface area contributed by atoms with Crippen molar-refractivity contribution in [2.75, 3.05) is 30.0 Å². The summed E-state index contributed by atoms with van der Waals surface area (Å²) in [7, 11) is 1.20. The summed E-state index contributed by atoms with van der Waals surface area (Å²) in [6, 6.07) is 17.5. The second kappa shape index (κ2) is 11.0. The SMILES string of the molecule is COC(=O)c1cccc(C2CN(Cc3cccc(OC(F)(F)F)c3)c3ccccc3N2C[C@@H](O)C(F)(F)F)c1. The molecule has 3 aromatic carbocycles. The quantitative estimate of drug-likeness (QED) is 0.292. The van der Waals surface area contributed by atoms with E-state index in [4.69, 9.17) is 4.74 Å². The summed E-state index contributed by atoms with van der Waals surface area (Å²) < 4.78 is 87.2. The van der Waals surface area contributed by atoms with Crippen molar-refractivity contribution in [3.63, 3.8) is 0 Å². The molecule has 1 aliphatic heterocycles. The minimum atomic E-state index is -4.87. The number of halogens is 6. The number of methoxy groups -OCH3 is 1. The zero-order valence-electron chi connectivity index (χ0n) is 20.5. The number of alkyl halides is 6. The first kappa shape index (κ1) is 28.1. The van der Waals surface area contributed by atoms with Crippen LogP contribution in [-0.2, 0) is 11.3 Å². The van der Waals surface area contributed by atoms with Crippen molar-refractivity contribution >= 4 is 17.3 Å². The van der Waals surface area contributed by atoms with Gasteiger partial charge in [0.15, 0.2) is 6.10 Å². The first-order chi connectivity index (χ1) is 18.4. The minimum Gasteiger partial charge on any atom is -0.465 e. The number of esters is 1. The molecule has 0 saturated carbocycles. The molecule has 12 heteroatoms. The second-order valence-electron chi connectivity index (χ2n) is 8.91. The third-order valence-corrected chi connectivity index (χ3v) is 6.25. The number of benzene rings is 3. The fourth-order valence-electron chi connectivity index (χ4n) is 4.55. The van der Waals surface area contributed by atoms with Gasteiger partial charge in [-0.1, -0.05) is 36.4 Å². The van der Waals surface area contributed by atoms with E-state index in [0.717, 1.165) is 0 Å². The van der Waals surface area contributed by atoms with Crippen LogP contribution in [0, 0.1) is 0 Å². The van der Waals surface area contributed by atoms with E-state index >= 15 is 0 Å². The molecule has 3 aromatic rings. The third-order valence-electron chi connectivity index (χ3n) is 6.25. The van der Waals surface area contributed by atoms with Crippen molar-refractivity contribution < 1.29 is 45.7 Å². The Hall–Kier alpha value is -3.93. The Morgan fingerprint density at radius 2 is 1.67 bits per heavy atom. The number of carbonyl (C=O) groups excluding carboxylic acids is 1. The van der Waals surface area contributed by atoms with E-state index in [9.17, 15) is 36.2 Å². The largest absolute Gasteiger partial charge is 0.573 e. The lowest BCUT2D eigenvalue weighted by Gasteiger charge is -2.45. The summed E-state index contributed by atoms with van der Waals surface area (Å²) in [4.78, 5) is 15.4. The van der Waals surface area contributed by atoms with Gasteiger partial charge in [0, 0.05) is 13.1 Å². The molecule has 208 valence electrons. The second-order valence-corrected chi connectivity index (χ2v) is 8.91. The lowest BCUT2D eigenvalue weighted by molar-refractivity contribution is -0.274. The van der Waals surface area contributed by atoms with Gasteiger partial charge in [0.1, 0.15) is 5.75 Å². The van der Waals surface area contributed by atoms with Crippen LogP contribution in [0.2, 0.25) is 0 Å². The maximum Gasteiger partial charge on any atom is 0.573 e. The highest BCUT2D eigenvalue weighted by Gasteiger charge is 2.42. The molecule has 39 heavy (non-hydrogen) atoms. The average Bonchev–Trinajstić information content (AvgIpc) is 2.88. The lowest BCUT2D eigenvalue weighted by Crippen LogP contribution is -2.49. The number of aliphatic hydroxyl groups is 1. The Kier molecular flexibility index (Phi) is 7.96. The predicted octanol–water partition coefficient (Wildman–Crippen LogP) is 5.86. The van der Waals surface area contributed by atoms with Gasteiger partial charge in [-0.25, -0.2) is 4.79 Å². The van der Waals surface area contributed by atoms with Crippen molar-refractivity contribution in [1.29, 1.82) is 0 Å². The minimum absolute atomic E-state index is 0.0938. The number of β-amino-alcohol motifs (C(OH)–C–C–N with tert-alkyl or cyclic N) is 1. The maximum absolute atomic E-state index is 13.4. The highest BCUT2D eigenvalue weighted by atomic mass is 19.4. The number of rotatable bonds is 7. The molecule has 0 fully saturated rings. The number of ether oxygens (including phenoxy) is 2. The van der Waals surface area contributed by atoms with Gasteiger partial charge in [-0.15, -0.1) is 13.2 Å². The maximum atomic E-state index is 13.4. The molecule has 0 spiro atoms. The van der Waals surface area contributed by atoms with Gasteiger partial charge in [0.2, 0.25) is 0 Å². The molecule has 0 saturated heterocycles. The highest BCUT2D eigenvalue weighted by Crippen LogP contribution is 2.42. The molecule has 1 N–H and O–H groups in total. The number of hydrogen-bond acceptors (Lipinski definition) is 6. The van der Waals surface area contributed by atoms with E-state index in [0.29, 0.717) is 22.5 Å². The van der Waals surface area contributed by atoms with Crippen LogP contribution in [0.5, 0.6) is 5.75 Å². The van der Waals surface area contributed by atoms with Crippen molar-refractivity contribution in [3.05, 3.63) is 89.5 Å². The summed E-state index contributed by atoms with van der Waals surface area (Å²) in [6.45, 7) is -0.581. The average molecular weight is 554 g/mol. The molecule has 2 atom stereocenters. The molecule has 1 unspecified atom stereocenters. The van der Waals surface area contributed by atoms with Gasteiger partial charge >= 0.3 is 18.5 Å². The van der Waals surface area contributed by atoms with Crippen LogP contribution in [0.4, 0.5) is 37.7 Å². The molecule has 0 aromatic heterocycles. The predicted molar refractivity (Wildman–Crippen MR) is 131 cm³/mol. The first-order valence-corrected chi connectivity index (χ1v) is 11.7. The number of fused-ring (bicyclic) bond motifs is 1. The number of hydrogen-bond donors (Lipinski definition) is 1. The number of para-hydroxylation sites is 2. The summed E-state index contributed by atoms with van der Waals surface area (Å²) in [5, 5.41) is 9.97. The van der Waals surface area contributed by atoms with Crippen LogP contribution in [0.15, 0.2) is 72.8 Å². The molecule has 1 aliphatic rings. The number of nitrogens with zero attached hydrogens (tertiary/aromatic N) is 2. The van der Waals surface area contributed by atoms with Gasteiger partial charge in [-0.05, 0) is 47.5 Å². The van der Waals surface area contributed by atoms with Crippen LogP contribution >= 0.6 is 0 Å². The number of anilines is 2. The van der Waals surface area contributed by atoms with E-state index in [2.05, 4.69) is 4.74 Å². The Morgan fingerprint density at radius 1 is 0.974 bits per heavy atom. The Bertz CT molecular complexity index is 1310. The lowest BCUT2D eigenvalue weighted by atomic mass is 9.96. The van der Waals surface area contributed by atoms with E-state index in [1.54, 1.807) is 42.5 Å².